The van der Waals surface area contributed by atoms with Gasteiger partial charge in [-0.1, -0.05) is 13.3 Å². The molecule has 0 radical (unpaired) electrons. The summed E-state index contributed by atoms with van der Waals surface area (Å²) in [7, 11) is -3.51. The molecule has 2 aliphatic rings. The molecule has 0 bridgehead atoms. The zero-order valence-electron chi connectivity index (χ0n) is 16.8. The number of carbonyl (C=O) groups excluding carboxylic acids is 1. The van der Waals surface area contributed by atoms with Gasteiger partial charge in [0.15, 0.2) is 6.04 Å². The minimum absolute atomic E-state index is 0.0541. The van der Waals surface area contributed by atoms with Gasteiger partial charge in [0.1, 0.15) is 0 Å². The second kappa shape index (κ2) is 9.35. The minimum atomic E-state index is -3.51. The molecule has 1 amide bonds. The maximum absolute atomic E-state index is 12.7. The number of hydrogen-bond acceptors (Lipinski definition) is 4. The molecule has 1 aliphatic carbocycles. The van der Waals surface area contributed by atoms with Crippen LogP contribution in [0.1, 0.15) is 39.5 Å². The van der Waals surface area contributed by atoms with Crippen LogP contribution in [0.15, 0.2) is 29.2 Å². The van der Waals surface area contributed by atoms with Crippen molar-refractivity contribution in [2.24, 2.45) is 5.92 Å². The number of amides is 1. The summed E-state index contributed by atoms with van der Waals surface area (Å²) in [5.41, 5.74) is 0.614. The summed E-state index contributed by atoms with van der Waals surface area (Å²) in [6.45, 7) is 5.76. The van der Waals surface area contributed by atoms with Gasteiger partial charge in [-0.2, -0.15) is 4.31 Å². The number of rotatable bonds is 6. The summed E-state index contributed by atoms with van der Waals surface area (Å²) in [5, 5.41) is 5.08. The first-order valence-electron chi connectivity index (χ1n) is 10.2. The molecule has 1 saturated heterocycles. The Bertz CT molecular complexity index is 760. The van der Waals surface area contributed by atoms with Gasteiger partial charge < -0.3 is 15.4 Å². The van der Waals surface area contributed by atoms with E-state index in [4.69, 9.17) is 4.74 Å². The van der Waals surface area contributed by atoms with Gasteiger partial charge in [-0.15, -0.1) is 0 Å². The molecule has 1 aromatic carbocycles. The van der Waals surface area contributed by atoms with Crippen LogP contribution in [0.25, 0.3) is 0 Å². The first kappa shape index (κ1) is 21.2. The van der Waals surface area contributed by atoms with E-state index in [0.29, 0.717) is 44.0 Å². The predicted octanol–water partition coefficient (Wildman–Crippen LogP) is 1.18. The van der Waals surface area contributed by atoms with Gasteiger partial charge >= 0.3 is 0 Å². The van der Waals surface area contributed by atoms with E-state index in [9.17, 15) is 13.2 Å². The fourth-order valence-corrected chi connectivity index (χ4v) is 5.40. The third kappa shape index (κ3) is 5.11. The number of carbonyl (C=O) groups is 1. The van der Waals surface area contributed by atoms with Gasteiger partial charge in [-0.25, -0.2) is 8.42 Å². The number of nitrogens with zero attached hydrogens (tertiary/aromatic N) is 1. The summed E-state index contributed by atoms with van der Waals surface area (Å²) in [6, 6.07) is 6.73. The monoisotopic (exact) mass is 410 g/mol. The molecule has 3 rings (SSSR count). The van der Waals surface area contributed by atoms with Crippen molar-refractivity contribution in [2.45, 2.75) is 56.5 Å². The maximum atomic E-state index is 12.7. The van der Waals surface area contributed by atoms with E-state index in [1.165, 1.54) is 23.6 Å². The van der Waals surface area contributed by atoms with E-state index in [0.717, 1.165) is 6.42 Å². The number of ether oxygens (including phenoxy) is 1. The Morgan fingerprint density at radius 3 is 2.46 bits per heavy atom. The smallest absolute Gasteiger partial charge is 0.282 e. The highest BCUT2D eigenvalue weighted by Crippen LogP contribution is 2.22. The second-order valence-corrected chi connectivity index (χ2v) is 9.87. The fourth-order valence-electron chi connectivity index (χ4n) is 3.99. The van der Waals surface area contributed by atoms with Crippen molar-refractivity contribution in [3.63, 3.8) is 0 Å². The Morgan fingerprint density at radius 1 is 1.18 bits per heavy atom. The SMILES string of the molecule is C[C@H]([NH2+][C@@H]1CCCC[C@H]1C)C(=O)Nc1ccc(S(=O)(=O)N2CCOCC2)cc1. The average molecular weight is 411 g/mol. The average Bonchev–Trinajstić information content (AvgIpc) is 2.70. The van der Waals surface area contributed by atoms with E-state index >= 15 is 0 Å². The van der Waals surface area contributed by atoms with E-state index in [2.05, 4.69) is 17.6 Å². The van der Waals surface area contributed by atoms with Crippen LogP contribution in [0, 0.1) is 5.92 Å². The van der Waals surface area contributed by atoms with Gasteiger partial charge in [0, 0.05) is 24.7 Å². The molecular formula is C20H32N3O4S+. The molecule has 28 heavy (non-hydrogen) atoms. The Hall–Kier alpha value is -1.48. The molecule has 1 heterocycles. The number of hydrogen-bond donors (Lipinski definition) is 2. The lowest BCUT2D eigenvalue weighted by Gasteiger charge is -2.28. The van der Waals surface area contributed by atoms with E-state index in [1.54, 1.807) is 24.3 Å². The Balaban J connectivity index is 1.58. The van der Waals surface area contributed by atoms with Crippen molar-refractivity contribution >= 4 is 21.6 Å². The number of sulfonamides is 1. The van der Waals surface area contributed by atoms with Crippen molar-refractivity contribution in [3.8, 4) is 0 Å². The van der Waals surface area contributed by atoms with Crippen LogP contribution in [0.3, 0.4) is 0 Å². The molecule has 7 nitrogen and oxygen atoms in total. The van der Waals surface area contributed by atoms with Crippen LogP contribution in [0.4, 0.5) is 5.69 Å². The van der Waals surface area contributed by atoms with Gasteiger partial charge in [0.2, 0.25) is 10.0 Å². The molecule has 1 saturated carbocycles. The van der Waals surface area contributed by atoms with Crippen molar-refractivity contribution < 1.29 is 23.3 Å². The molecular weight excluding hydrogens is 378 g/mol. The third-order valence-corrected chi connectivity index (χ3v) is 7.77. The molecule has 0 unspecified atom stereocenters. The normalized spacial score (nSPS) is 25.2. The number of morpholine rings is 1. The van der Waals surface area contributed by atoms with Crippen molar-refractivity contribution in [1.29, 1.82) is 0 Å². The molecule has 0 spiro atoms. The van der Waals surface area contributed by atoms with Gasteiger partial charge in [-0.3, -0.25) is 4.79 Å². The summed E-state index contributed by atoms with van der Waals surface area (Å²) >= 11 is 0. The molecule has 3 atom stereocenters. The topological polar surface area (TPSA) is 92.3 Å². The van der Waals surface area contributed by atoms with E-state index in [-0.39, 0.29) is 16.8 Å². The Morgan fingerprint density at radius 2 is 1.82 bits per heavy atom. The zero-order valence-corrected chi connectivity index (χ0v) is 17.6. The van der Waals surface area contributed by atoms with Crippen LogP contribution in [-0.4, -0.2) is 57.0 Å². The lowest BCUT2D eigenvalue weighted by atomic mass is 9.85. The summed E-state index contributed by atoms with van der Waals surface area (Å²) in [6.07, 6.45) is 4.91. The largest absolute Gasteiger partial charge is 0.379 e. The summed E-state index contributed by atoms with van der Waals surface area (Å²) in [4.78, 5) is 12.8. The Kier molecular flexibility index (Phi) is 7.09. The number of nitrogens with two attached hydrogens (primary N) is 1. The quantitative estimate of drug-likeness (QED) is 0.737. The minimum Gasteiger partial charge on any atom is -0.379 e. The lowest BCUT2D eigenvalue weighted by molar-refractivity contribution is -0.714. The first-order chi connectivity index (χ1) is 13.4. The number of nitrogens with one attached hydrogen (secondary N) is 1. The Labute approximate surface area is 167 Å². The molecule has 1 aromatic rings. The van der Waals surface area contributed by atoms with Crippen LogP contribution in [0.2, 0.25) is 0 Å². The highest BCUT2D eigenvalue weighted by molar-refractivity contribution is 7.89. The van der Waals surface area contributed by atoms with Gasteiger partial charge in [-0.05, 0) is 50.5 Å². The highest BCUT2D eigenvalue weighted by atomic mass is 32.2. The second-order valence-electron chi connectivity index (χ2n) is 7.94. The van der Waals surface area contributed by atoms with Crippen LogP contribution >= 0.6 is 0 Å². The lowest BCUT2D eigenvalue weighted by Crippen LogP contribution is -2.97. The molecule has 3 N–H and O–H groups in total. The number of benzene rings is 1. The van der Waals surface area contributed by atoms with Crippen molar-refractivity contribution in [2.75, 3.05) is 31.6 Å². The van der Waals surface area contributed by atoms with Gasteiger partial charge in [0.25, 0.3) is 5.91 Å². The molecule has 0 aromatic heterocycles. The molecule has 2 fully saturated rings. The van der Waals surface area contributed by atoms with Gasteiger partial charge in [0.05, 0.1) is 24.2 Å². The van der Waals surface area contributed by atoms with Crippen LogP contribution in [-0.2, 0) is 19.6 Å². The summed E-state index contributed by atoms with van der Waals surface area (Å²) in [5.74, 6) is 0.579. The van der Waals surface area contributed by atoms with Crippen LogP contribution < -0.4 is 10.6 Å². The predicted molar refractivity (Wildman–Crippen MR) is 107 cm³/mol. The fraction of sp³-hybridized carbons (Fsp3) is 0.650. The number of quaternary nitrogens is 1. The standard InChI is InChI=1S/C20H31N3O4S/c1-15-5-3-4-6-19(15)21-16(2)20(24)22-17-7-9-18(10-8-17)28(25,26)23-11-13-27-14-12-23/h7-10,15-16,19,21H,3-6,11-14H2,1-2H3,(H,22,24)/p+1/t15-,16+,19-/m1/s1. The van der Waals surface area contributed by atoms with Crippen LogP contribution in [0.5, 0.6) is 0 Å². The van der Waals surface area contributed by atoms with Crippen molar-refractivity contribution in [3.05, 3.63) is 24.3 Å². The van der Waals surface area contributed by atoms with Crippen molar-refractivity contribution in [1.82, 2.24) is 4.31 Å². The third-order valence-electron chi connectivity index (χ3n) is 5.86. The highest BCUT2D eigenvalue weighted by Gasteiger charge is 2.29. The first-order valence-corrected chi connectivity index (χ1v) is 11.7. The van der Waals surface area contributed by atoms with E-state index < -0.39 is 10.0 Å². The van der Waals surface area contributed by atoms with E-state index in [1.807, 2.05) is 6.92 Å². The zero-order chi connectivity index (χ0) is 20.1. The summed E-state index contributed by atoms with van der Waals surface area (Å²) < 4.78 is 32.0. The molecule has 1 aliphatic heterocycles. The molecule has 156 valence electrons. The molecule has 8 heteroatoms. The maximum Gasteiger partial charge on any atom is 0.282 e. The number of anilines is 1.